The van der Waals surface area contributed by atoms with Gasteiger partial charge in [-0.3, -0.25) is 9.59 Å². The molecular weight excluding hydrogens is 418 g/mol. The van der Waals surface area contributed by atoms with Crippen LogP contribution in [-0.4, -0.2) is 52.4 Å². The molecule has 0 heterocycles. The predicted molar refractivity (Wildman–Crippen MR) is 118 cm³/mol. The molecule has 0 saturated heterocycles. The first-order chi connectivity index (χ1) is 14.7. The third-order valence-electron chi connectivity index (χ3n) is 5.17. The van der Waals surface area contributed by atoms with Crippen molar-refractivity contribution in [1.82, 2.24) is 9.62 Å². The number of rotatable bonds is 7. The normalized spacial score (nSPS) is 14.3. The molecule has 2 aromatic rings. The number of hydrogen-bond acceptors (Lipinski definition) is 5. The van der Waals surface area contributed by atoms with Crippen LogP contribution >= 0.6 is 0 Å². The van der Waals surface area contributed by atoms with E-state index in [1.807, 2.05) is 0 Å². The first kappa shape index (κ1) is 22.8. The van der Waals surface area contributed by atoms with E-state index in [4.69, 9.17) is 4.74 Å². The second kappa shape index (κ2) is 9.49. The summed E-state index contributed by atoms with van der Waals surface area (Å²) in [4.78, 5) is 26.3. The third-order valence-corrected chi connectivity index (χ3v) is 6.71. The molecule has 8 nitrogen and oxygen atoms in total. The van der Waals surface area contributed by atoms with Gasteiger partial charge in [0.05, 0.1) is 7.11 Å². The number of nitrogens with one attached hydrogen (secondary N) is 2. The third kappa shape index (κ3) is 5.42. The minimum atomic E-state index is -3.85. The van der Waals surface area contributed by atoms with Gasteiger partial charge < -0.3 is 15.0 Å². The fraction of sp³-hybridized carbons (Fsp3) is 0.364. The van der Waals surface area contributed by atoms with Crippen molar-refractivity contribution in [3.8, 4) is 5.75 Å². The number of benzene rings is 2. The highest BCUT2D eigenvalue weighted by Crippen LogP contribution is 2.27. The van der Waals surface area contributed by atoms with E-state index in [2.05, 4.69) is 10.0 Å². The molecule has 0 bridgehead atoms. The summed E-state index contributed by atoms with van der Waals surface area (Å²) in [5, 5.41) is 2.72. The quantitative estimate of drug-likeness (QED) is 0.682. The number of methoxy groups -OCH3 is 1. The molecule has 1 saturated carbocycles. The first-order valence-corrected chi connectivity index (χ1v) is 11.5. The number of carbonyl (C=O) groups is 2. The zero-order valence-electron chi connectivity index (χ0n) is 17.8. The Morgan fingerprint density at radius 2 is 1.74 bits per heavy atom. The summed E-state index contributed by atoms with van der Waals surface area (Å²) >= 11 is 0. The largest absolute Gasteiger partial charge is 0.495 e. The van der Waals surface area contributed by atoms with E-state index in [0.29, 0.717) is 11.3 Å². The van der Waals surface area contributed by atoms with E-state index >= 15 is 0 Å². The molecule has 166 valence electrons. The van der Waals surface area contributed by atoms with E-state index in [9.17, 15) is 18.0 Å². The lowest BCUT2D eigenvalue weighted by Crippen LogP contribution is -2.33. The van der Waals surface area contributed by atoms with Gasteiger partial charge in [-0.05, 0) is 49.2 Å². The molecule has 0 unspecified atom stereocenters. The summed E-state index contributed by atoms with van der Waals surface area (Å²) in [6, 6.07) is 10.7. The molecule has 2 aromatic carbocycles. The van der Waals surface area contributed by atoms with E-state index in [-0.39, 0.29) is 28.2 Å². The number of sulfonamides is 1. The number of ether oxygens (including phenoxy) is 1. The molecule has 2 amide bonds. The second-order valence-electron chi connectivity index (χ2n) is 7.70. The van der Waals surface area contributed by atoms with Gasteiger partial charge in [0.25, 0.3) is 11.8 Å². The topological polar surface area (TPSA) is 105 Å². The van der Waals surface area contributed by atoms with E-state index < -0.39 is 15.9 Å². The van der Waals surface area contributed by atoms with Crippen molar-refractivity contribution in [2.75, 3.05) is 26.5 Å². The summed E-state index contributed by atoms with van der Waals surface area (Å²) in [7, 11) is 0.829. The van der Waals surface area contributed by atoms with E-state index in [1.54, 1.807) is 38.4 Å². The number of amides is 2. The van der Waals surface area contributed by atoms with Crippen LogP contribution in [0.3, 0.4) is 0 Å². The molecule has 3 rings (SSSR count). The van der Waals surface area contributed by atoms with Crippen LogP contribution in [0.4, 0.5) is 5.69 Å². The van der Waals surface area contributed by atoms with Crippen molar-refractivity contribution in [2.24, 2.45) is 0 Å². The van der Waals surface area contributed by atoms with E-state index in [1.165, 1.54) is 30.2 Å². The summed E-state index contributed by atoms with van der Waals surface area (Å²) in [5.74, 6) is -0.512. The van der Waals surface area contributed by atoms with Crippen LogP contribution < -0.4 is 14.8 Å². The lowest BCUT2D eigenvalue weighted by atomic mass is 10.1. The van der Waals surface area contributed by atoms with Gasteiger partial charge in [0.1, 0.15) is 10.6 Å². The van der Waals surface area contributed by atoms with Crippen LogP contribution in [0, 0.1) is 0 Å². The van der Waals surface area contributed by atoms with Crippen LogP contribution in [0.15, 0.2) is 47.4 Å². The molecule has 0 spiro atoms. The Hall–Kier alpha value is -2.91. The SMILES string of the molecule is COc1ccc(C(=O)Nc2cccc(C(=O)N(C)C)c2)cc1S(=O)(=O)NC1CCCC1. The Bertz CT molecular complexity index is 1080. The molecule has 0 aromatic heterocycles. The van der Waals surface area contributed by atoms with Gasteiger partial charge in [0.15, 0.2) is 0 Å². The van der Waals surface area contributed by atoms with Crippen molar-refractivity contribution in [3.05, 3.63) is 53.6 Å². The van der Waals surface area contributed by atoms with Crippen molar-refractivity contribution < 1.29 is 22.7 Å². The van der Waals surface area contributed by atoms with E-state index in [0.717, 1.165) is 25.7 Å². The molecule has 1 fully saturated rings. The van der Waals surface area contributed by atoms with Gasteiger partial charge in [-0.15, -0.1) is 0 Å². The lowest BCUT2D eigenvalue weighted by Gasteiger charge is -2.16. The Morgan fingerprint density at radius 3 is 2.39 bits per heavy atom. The number of hydrogen-bond donors (Lipinski definition) is 2. The summed E-state index contributed by atoms with van der Waals surface area (Å²) in [5.41, 5.74) is 1.03. The minimum Gasteiger partial charge on any atom is -0.495 e. The summed E-state index contributed by atoms with van der Waals surface area (Å²) in [6.45, 7) is 0. The molecule has 2 N–H and O–H groups in total. The van der Waals surface area contributed by atoms with Crippen LogP contribution in [0.25, 0.3) is 0 Å². The van der Waals surface area contributed by atoms with Gasteiger partial charge in [0, 0.05) is 37.0 Å². The Kier molecular flexibility index (Phi) is 6.97. The molecule has 31 heavy (non-hydrogen) atoms. The molecule has 1 aliphatic rings. The predicted octanol–water partition coefficient (Wildman–Crippen LogP) is 2.87. The zero-order valence-corrected chi connectivity index (χ0v) is 18.7. The molecule has 1 aliphatic carbocycles. The van der Waals surface area contributed by atoms with Crippen molar-refractivity contribution in [3.63, 3.8) is 0 Å². The molecule has 0 radical (unpaired) electrons. The highest BCUT2D eigenvalue weighted by molar-refractivity contribution is 7.89. The Morgan fingerprint density at radius 1 is 1.03 bits per heavy atom. The standard InChI is InChI=1S/C22H27N3O5S/c1-25(2)22(27)16-7-6-10-18(13-16)23-21(26)15-11-12-19(30-3)20(14-15)31(28,29)24-17-8-4-5-9-17/h6-7,10-14,17,24H,4-5,8-9H2,1-3H3,(H,23,26). The maximum atomic E-state index is 12.9. The number of nitrogens with zero attached hydrogens (tertiary/aromatic N) is 1. The molecule has 9 heteroatoms. The Labute approximate surface area is 182 Å². The number of carbonyl (C=O) groups excluding carboxylic acids is 2. The first-order valence-electron chi connectivity index (χ1n) is 10.0. The van der Waals surface area contributed by atoms with Crippen LogP contribution in [-0.2, 0) is 10.0 Å². The van der Waals surface area contributed by atoms with Crippen LogP contribution in [0.2, 0.25) is 0 Å². The van der Waals surface area contributed by atoms with Crippen LogP contribution in [0.5, 0.6) is 5.75 Å². The monoisotopic (exact) mass is 445 g/mol. The second-order valence-corrected chi connectivity index (χ2v) is 9.39. The van der Waals surface area contributed by atoms with Crippen molar-refractivity contribution in [2.45, 2.75) is 36.6 Å². The average Bonchev–Trinajstić information content (AvgIpc) is 3.25. The molecular formula is C22H27N3O5S. The maximum Gasteiger partial charge on any atom is 0.255 e. The molecule has 0 aliphatic heterocycles. The zero-order chi connectivity index (χ0) is 22.6. The average molecular weight is 446 g/mol. The van der Waals surface area contributed by atoms with Gasteiger partial charge in [0.2, 0.25) is 10.0 Å². The highest BCUT2D eigenvalue weighted by atomic mass is 32.2. The van der Waals surface area contributed by atoms with Crippen LogP contribution in [0.1, 0.15) is 46.4 Å². The number of anilines is 1. The smallest absolute Gasteiger partial charge is 0.255 e. The van der Waals surface area contributed by atoms with Gasteiger partial charge in [-0.2, -0.15) is 0 Å². The van der Waals surface area contributed by atoms with Gasteiger partial charge >= 0.3 is 0 Å². The highest BCUT2D eigenvalue weighted by Gasteiger charge is 2.26. The maximum absolute atomic E-state index is 12.9. The lowest BCUT2D eigenvalue weighted by molar-refractivity contribution is 0.0827. The van der Waals surface area contributed by atoms with Crippen molar-refractivity contribution in [1.29, 1.82) is 0 Å². The fourth-order valence-corrected chi connectivity index (χ4v) is 5.05. The fourth-order valence-electron chi connectivity index (χ4n) is 3.55. The molecule has 0 atom stereocenters. The summed E-state index contributed by atoms with van der Waals surface area (Å²) < 4.78 is 33.8. The summed E-state index contributed by atoms with van der Waals surface area (Å²) in [6.07, 6.45) is 3.57. The van der Waals surface area contributed by atoms with Gasteiger partial charge in [-0.25, -0.2) is 13.1 Å². The minimum absolute atomic E-state index is 0.0777. The van der Waals surface area contributed by atoms with Gasteiger partial charge in [-0.1, -0.05) is 18.9 Å². The van der Waals surface area contributed by atoms with Crippen molar-refractivity contribution >= 4 is 27.5 Å². The Balaban J connectivity index is 1.84.